The maximum atomic E-state index is 11.7. The maximum Gasteiger partial charge on any atom is 0.340 e. The molecule has 0 aliphatic heterocycles. The van der Waals surface area contributed by atoms with Gasteiger partial charge in [-0.1, -0.05) is 12.1 Å². The van der Waals surface area contributed by atoms with Gasteiger partial charge in [-0.2, -0.15) is 0 Å². The first kappa shape index (κ1) is 14.5. The first-order chi connectivity index (χ1) is 8.69. The lowest BCUT2D eigenvalue weighted by Gasteiger charge is -2.09. The second-order valence-corrected chi connectivity index (χ2v) is 3.98. The summed E-state index contributed by atoms with van der Waals surface area (Å²) < 4.78 is 4.92. The van der Waals surface area contributed by atoms with Gasteiger partial charge < -0.3 is 10.1 Å². The van der Waals surface area contributed by atoms with Gasteiger partial charge in [0.05, 0.1) is 17.9 Å². The fourth-order valence-electron chi connectivity index (χ4n) is 1.42. The fourth-order valence-corrected chi connectivity index (χ4v) is 1.55. The van der Waals surface area contributed by atoms with Crippen molar-refractivity contribution in [2.24, 2.45) is 0 Å². The van der Waals surface area contributed by atoms with Gasteiger partial charge in [0.1, 0.15) is 0 Å². The molecule has 0 fully saturated rings. The van der Waals surface area contributed by atoms with Crippen LogP contribution in [0.5, 0.6) is 0 Å². The summed E-state index contributed by atoms with van der Waals surface area (Å²) in [4.78, 5) is 23.2. The molecule has 0 atom stereocenters. The first-order valence-electron chi connectivity index (χ1n) is 5.81. The summed E-state index contributed by atoms with van der Waals surface area (Å²) in [6, 6.07) is 6.76. The van der Waals surface area contributed by atoms with Crippen LogP contribution in [0, 0.1) is 0 Å². The van der Waals surface area contributed by atoms with Gasteiger partial charge in [-0.25, -0.2) is 4.79 Å². The van der Waals surface area contributed by atoms with Gasteiger partial charge in [0, 0.05) is 12.3 Å². The Morgan fingerprint density at radius 2 is 2.06 bits per heavy atom. The molecule has 0 saturated heterocycles. The van der Waals surface area contributed by atoms with Gasteiger partial charge in [-0.05, 0) is 25.5 Å². The Labute approximate surface area is 111 Å². The number of carbonyl (C=O) groups is 2. The third-order valence-electron chi connectivity index (χ3n) is 2.23. The van der Waals surface area contributed by atoms with E-state index in [2.05, 4.69) is 5.32 Å². The molecular weight excluding hydrogens is 254 g/mol. The van der Waals surface area contributed by atoms with Crippen molar-refractivity contribution in [1.82, 2.24) is 0 Å². The highest BCUT2D eigenvalue weighted by molar-refractivity contribution is 6.18. The highest BCUT2D eigenvalue weighted by Crippen LogP contribution is 2.16. The Hall–Kier alpha value is -1.55. The third-order valence-corrected chi connectivity index (χ3v) is 2.50. The van der Waals surface area contributed by atoms with Crippen molar-refractivity contribution in [1.29, 1.82) is 0 Å². The van der Waals surface area contributed by atoms with Crippen LogP contribution in [0.25, 0.3) is 0 Å². The summed E-state index contributed by atoms with van der Waals surface area (Å²) in [5.74, 6) is -0.161. The molecule has 1 aromatic carbocycles. The Morgan fingerprint density at radius 3 is 2.72 bits per heavy atom. The van der Waals surface area contributed by atoms with Crippen LogP contribution in [-0.4, -0.2) is 24.4 Å². The number of halogens is 1. The number of alkyl halides is 1. The molecule has 1 N–H and O–H groups in total. The minimum absolute atomic E-state index is 0.160. The predicted molar refractivity (Wildman–Crippen MR) is 71.0 cm³/mol. The molecule has 0 saturated carbocycles. The average Bonchev–Trinajstić information content (AvgIpc) is 2.37. The Morgan fingerprint density at radius 1 is 1.33 bits per heavy atom. The molecule has 4 nitrogen and oxygen atoms in total. The molecule has 1 amide bonds. The van der Waals surface area contributed by atoms with Crippen molar-refractivity contribution in [2.45, 2.75) is 19.8 Å². The molecule has 1 aromatic rings. The first-order valence-corrected chi connectivity index (χ1v) is 6.34. The van der Waals surface area contributed by atoms with Gasteiger partial charge in [-0.15, -0.1) is 11.6 Å². The Kier molecular flexibility index (Phi) is 6.22. The zero-order valence-corrected chi connectivity index (χ0v) is 11.0. The van der Waals surface area contributed by atoms with E-state index in [4.69, 9.17) is 16.3 Å². The van der Waals surface area contributed by atoms with E-state index in [1.165, 1.54) is 0 Å². The number of benzene rings is 1. The molecule has 0 aliphatic carbocycles. The minimum atomic E-state index is -0.439. The lowest BCUT2D eigenvalue weighted by atomic mass is 10.1. The van der Waals surface area contributed by atoms with Crippen LogP contribution in [0.2, 0.25) is 0 Å². The summed E-state index contributed by atoms with van der Waals surface area (Å²) >= 11 is 5.52. The van der Waals surface area contributed by atoms with Crippen molar-refractivity contribution in [3.63, 3.8) is 0 Å². The molecule has 0 spiro atoms. The summed E-state index contributed by atoms with van der Waals surface area (Å²) in [6.45, 7) is 2.03. The van der Waals surface area contributed by atoms with Crippen LogP contribution < -0.4 is 5.32 Å². The average molecular weight is 270 g/mol. The third kappa shape index (κ3) is 4.37. The molecule has 0 aliphatic rings. The molecule has 0 radical (unpaired) electrons. The molecule has 5 heteroatoms. The van der Waals surface area contributed by atoms with E-state index in [1.54, 1.807) is 31.2 Å². The lowest BCUT2D eigenvalue weighted by molar-refractivity contribution is -0.116. The van der Waals surface area contributed by atoms with Gasteiger partial charge >= 0.3 is 5.97 Å². The quantitative estimate of drug-likeness (QED) is 0.638. The number of anilines is 1. The van der Waals surface area contributed by atoms with Crippen LogP contribution in [0.4, 0.5) is 5.69 Å². The zero-order valence-electron chi connectivity index (χ0n) is 10.2. The number of rotatable bonds is 6. The number of esters is 1. The van der Waals surface area contributed by atoms with Crippen LogP contribution >= 0.6 is 11.6 Å². The molecule has 0 aromatic heterocycles. The highest BCUT2D eigenvalue weighted by Gasteiger charge is 2.13. The predicted octanol–water partition coefficient (Wildman–Crippen LogP) is 2.82. The van der Waals surface area contributed by atoms with Crippen molar-refractivity contribution in [2.75, 3.05) is 17.8 Å². The number of hydrogen-bond donors (Lipinski definition) is 1. The van der Waals surface area contributed by atoms with Gasteiger partial charge in [0.2, 0.25) is 5.91 Å². The number of ether oxygens (including phenoxy) is 1. The monoisotopic (exact) mass is 269 g/mol. The second-order valence-electron chi connectivity index (χ2n) is 3.61. The zero-order chi connectivity index (χ0) is 13.4. The number of nitrogens with one attached hydrogen (secondary N) is 1. The van der Waals surface area contributed by atoms with Gasteiger partial charge in [-0.3, -0.25) is 4.79 Å². The lowest BCUT2D eigenvalue weighted by Crippen LogP contribution is -2.15. The summed E-state index contributed by atoms with van der Waals surface area (Å²) in [7, 11) is 0. The number of hydrogen-bond acceptors (Lipinski definition) is 3. The smallest absolute Gasteiger partial charge is 0.340 e. The van der Waals surface area contributed by atoms with Crippen molar-refractivity contribution < 1.29 is 14.3 Å². The van der Waals surface area contributed by atoms with Crippen molar-refractivity contribution >= 4 is 29.2 Å². The molecule has 0 heterocycles. The van der Waals surface area contributed by atoms with E-state index in [1.807, 2.05) is 0 Å². The molecule has 18 heavy (non-hydrogen) atoms. The maximum absolute atomic E-state index is 11.7. The molecular formula is C13H16ClNO3. The number of carbonyl (C=O) groups excluding carboxylic acids is 2. The summed E-state index contributed by atoms with van der Waals surface area (Å²) in [5.41, 5.74) is 0.828. The standard InChI is InChI=1S/C13H16ClNO3/c1-2-18-13(17)10-6-3-4-7-11(10)15-12(16)8-5-9-14/h3-4,6-7H,2,5,8-9H2,1H3,(H,15,16). The fraction of sp³-hybridized carbons (Fsp3) is 0.385. The Bertz CT molecular complexity index is 420. The summed E-state index contributed by atoms with van der Waals surface area (Å²) in [6.07, 6.45) is 0.940. The molecule has 98 valence electrons. The van der Waals surface area contributed by atoms with E-state index in [9.17, 15) is 9.59 Å². The van der Waals surface area contributed by atoms with Crippen LogP contribution in [0.3, 0.4) is 0 Å². The van der Waals surface area contributed by atoms with E-state index in [0.29, 0.717) is 36.6 Å². The molecule has 0 bridgehead atoms. The SMILES string of the molecule is CCOC(=O)c1ccccc1NC(=O)CCCCl. The van der Waals surface area contributed by atoms with Crippen LogP contribution in [-0.2, 0) is 9.53 Å². The number of para-hydroxylation sites is 1. The van der Waals surface area contributed by atoms with E-state index in [0.717, 1.165) is 0 Å². The largest absolute Gasteiger partial charge is 0.462 e. The molecule has 1 rings (SSSR count). The molecule has 0 unspecified atom stereocenters. The highest BCUT2D eigenvalue weighted by atomic mass is 35.5. The van der Waals surface area contributed by atoms with E-state index in [-0.39, 0.29) is 5.91 Å². The second kappa shape index (κ2) is 7.71. The summed E-state index contributed by atoms with van der Waals surface area (Å²) in [5, 5.41) is 2.69. The van der Waals surface area contributed by atoms with Gasteiger partial charge in [0.15, 0.2) is 0 Å². The Balaban J connectivity index is 2.76. The van der Waals surface area contributed by atoms with Crippen LogP contribution in [0.15, 0.2) is 24.3 Å². The van der Waals surface area contributed by atoms with Crippen molar-refractivity contribution in [3.8, 4) is 0 Å². The van der Waals surface area contributed by atoms with Crippen LogP contribution in [0.1, 0.15) is 30.1 Å². The van der Waals surface area contributed by atoms with E-state index < -0.39 is 5.97 Å². The normalized spacial score (nSPS) is 9.89. The number of amides is 1. The van der Waals surface area contributed by atoms with E-state index >= 15 is 0 Å². The van der Waals surface area contributed by atoms with Gasteiger partial charge in [0.25, 0.3) is 0 Å². The minimum Gasteiger partial charge on any atom is -0.462 e. The van der Waals surface area contributed by atoms with Crippen molar-refractivity contribution in [3.05, 3.63) is 29.8 Å². The topological polar surface area (TPSA) is 55.4 Å².